The fraction of sp³-hybridized carbons (Fsp3) is 0.0556. The molecule has 25 heavy (non-hydrogen) atoms. The van der Waals surface area contributed by atoms with Crippen molar-refractivity contribution in [3.8, 4) is 0 Å². The highest BCUT2D eigenvalue weighted by Gasteiger charge is 2.28. The number of halogens is 2. The van der Waals surface area contributed by atoms with Gasteiger partial charge in [0.2, 0.25) is 0 Å². The number of ketones is 1. The second-order valence-electron chi connectivity index (χ2n) is 5.38. The molecule has 0 fully saturated rings. The Hall–Kier alpha value is -3.35. The third-order valence-corrected chi connectivity index (χ3v) is 3.77. The Morgan fingerprint density at radius 3 is 2.28 bits per heavy atom. The molecule has 0 atom stereocenters. The number of fused-ring (bicyclic) bond motifs is 1. The predicted octanol–water partition coefficient (Wildman–Crippen LogP) is 2.59. The molecule has 0 amide bonds. The topological polar surface area (TPSA) is 71.0 Å². The van der Waals surface area contributed by atoms with Gasteiger partial charge in [-0.25, -0.2) is 8.78 Å². The SMILES string of the molecule is Cc1c(C(=O)C=Cc2ccc(F)c(F)c2)[n+]([O-])c2ccccc2[n+]1[O-]. The molecule has 0 saturated heterocycles. The van der Waals surface area contributed by atoms with Crippen LogP contribution in [0.1, 0.15) is 21.7 Å². The van der Waals surface area contributed by atoms with E-state index >= 15 is 0 Å². The van der Waals surface area contributed by atoms with Crippen molar-refractivity contribution >= 4 is 22.9 Å². The molecule has 1 heterocycles. The van der Waals surface area contributed by atoms with Crippen LogP contribution >= 0.6 is 0 Å². The molecule has 0 aliphatic carbocycles. The van der Waals surface area contributed by atoms with E-state index in [0.717, 1.165) is 18.2 Å². The van der Waals surface area contributed by atoms with Gasteiger partial charge in [0.1, 0.15) is 0 Å². The van der Waals surface area contributed by atoms with E-state index in [1.54, 1.807) is 12.1 Å². The van der Waals surface area contributed by atoms with Crippen molar-refractivity contribution in [3.63, 3.8) is 0 Å². The molecule has 0 aliphatic heterocycles. The standard InChI is InChI=1S/C18H12F2N2O3/c1-11-18(22(25)16-5-3-2-4-15(16)21(11)24)17(23)9-7-12-6-8-13(19)14(20)10-12/h2-10H,1H3. The Morgan fingerprint density at radius 1 is 1.00 bits per heavy atom. The molecule has 0 bridgehead atoms. The second kappa shape index (κ2) is 6.27. The highest BCUT2D eigenvalue weighted by Crippen LogP contribution is 2.12. The van der Waals surface area contributed by atoms with Crippen molar-refractivity contribution in [2.45, 2.75) is 6.92 Å². The number of nitrogens with zero attached hydrogens (tertiary/aromatic N) is 2. The first-order valence-electron chi connectivity index (χ1n) is 7.32. The van der Waals surface area contributed by atoms with E-state index in [4.69, 9.17) is 0 Å². The number of benzene rings is 2. The summed E-state index contributed by atoms with van der Waals surface area (Å²) in [5.74, 6) is -2.76. The van der Waals surface area contributed by atoms with Gasteiger partial charge in [-0.15, -0.1) is 0 Å². The maximum atomic E-state index is 13.2. The van der Waals surface area contributed by atoms with Crippen LogP contribution in [0, 0.1) is 29.0 Å². The van der Waals surface area contributed by atoms with E-state index in [9.17, 15) is 24.0 Å². The smallest absolute Gasteiger partial charge is 0.333 e. The van der Waals surface area contributed by atoms with E-state index in [-0.39, 0.29) is 28.0 Å². The molecular formula is C18H12F2N2O3. The molecular weight excluding hydrogens is 330 g/mol. The molecule has 0 saturated carbocycles. The summed E-state index contributed by atoms with van der Waals surface area (Å²) in [6, 6.07) is 9.25. The molecule has 5 nitrogen and oxygen atoms in total. The van der Waals surface area contributed by atoms with E-state index < -0.39 is 17.4 Å². The molecule has 0 spiro atoms. The molecule has 7 heteroatoms. The predicted molar refractivity (Wildman–Crippen MR) is 86.3 cm³/mol. The van der Waals surface area contributed by atoms with Crippen molar-refractivity contribution in [2.24, 2.45) is 0 Å². The Balaban J connectivity index is 2.05. The van der Waals surface area contributed by atoms with Gasteiger partial charge < -0.3 is 10.4 Å². The fourth-order valence-corrected chi connectivity index (χ4v) is 2.50. The number of para-hydroxylation sites is 2. The highest BCUT2D eigenvalue weighted by molar-refractivity contribution is 6.05. The molecule has 3 rings (SSSR count). The average Bonchev–Trinajstić information content (AvgIpc) is 2.61. The summed E-state index contributed by atoms with van der Waals surface area (Å²) in [6.07, 6.45) is 2.28. The number of carbonyl (C=O) groups is 1. The van der Waals surface area contributed by atoms with Crippen molar-refractivity contribution in [3.05, 3.63) is 87.5 Å². The highest BCUT2D eigenvalue weighted by atomic mass is 19.2. The maximum Gasteiger partial charge on any atom is 0.333 e. The average molecular weight is 342 g/mol. The van der Waals surface area contributed by atoms with Gasteiger partial charge in [0, 0.05) is 19.1 Å². The van der Waals surface area contributed by atoms with Gasteiger partial charge in [0.05, 0.1) is 0 Å². The van der Waals surface area contributed by atoms with E-state index in [1.807, 2.05) is 0 Å². The van der Waals surface area contributed by atoms with Crippen LogP contribution in [0.15, 0.2) is 48.5 Å². The number of hydrogen-bond acceptors (Lipinski definition) is 3. The summed E-state index contributed by atoms with van der Waals surface area (Å²) in [7, 11) is 0. The van der Waals surface area contributed by atoms with Crippen molar-refractivity contribution < 1.29 is 23.0 Å². The number of allylic oxidation sites excluding steroid dienone is 1. The lowest BCUT2D eigenvalue weighted by molar-refractivity contribution is -0.635. The Kier molecular flexibility index (Phi) is 4.14. The van der Waals surface area contributed by atoms with E-state index in [2.05, 4.69) is 0 Å². The lowest BCUT2D eigenvalue weighted by atomic mass is 10.1. The normalized spacial score (nSPS) is 11.3. The van der Waals surface area contributed by atoms with Gasteiger partial charge in [0.15, 0.2) is 11.6 Å². The zero-order chi connectivity index (χ0) is 18.1. The molecule has 3 aromatic rings. The summed E-state index contributed by atoms with van der Waals surface area (Å²) >= 11 is 0. The molecule has 0 aliphatic rings. The third-order valence-electron chi connectivity index (χ3n) is 3.77. The second-order valence-corrected chi connectivity index (χ2v) is 5.38. The molecule has 0 unspecified atom stereocenters. The van der Waals surface area contributed by atoms with Crippen molar-refractivity contribution in [1.29, 1.82) is 0 Å². The summed E-state index contributed by atoms with van der Waals surface area (Å²) < 4.78 is 27.0. The van der Waals surface area contributed by atoms with Crippen LogP contribution in [0.3, 0.4) is 0 Å². The van der Waals surface area contributed by atoms with Crippen LogP contribution in [-0.4, -0.2) is 5.78 Å². The summed E-state index contributed by atoms with van der Waals surface area (Å²) in [6.45, 7) is 1.37. The van der Waals surface area contributed by atoms with Crippen LogP contribution < -0.4 is 9.46 Å². The summed E-state index contributed by atoms with van der Waals surface area (Å²) in [4.78, 5) is 12.4. The minimum absolute atomic E-state index is 0.0476. The maximum absolute atomic E-state index is 13.2. The lowest BCUT2D eigenvalue weighted by Gasteiger charge is -2.09. The number of aromatic nitrogens is 2. The van der Waals surface area contributed by atoms with Gasteiger partial charge in [-0.1, -0.05) is 24.3 Å². The van der Waals surface area contributed by atoms with Crippen LogP contribution in [0.4, 0.5) is 8.78 Å². The lowest BCUT2D eigenvalue weighted by Crippen LogP contribution is -2.46. The van der Waals surface area contributed by atoms with Crippen LogP contribution in [-0.2, 0) is 0 Å². The first-order chi connectivity index (χ1) is 11.9. The van der Waals surface area contributed by atoms with Crippen molar-refractivity contribution in [1.82, 2.24) is 0 Å². The van der Waals surface area contributed by atoms with Gasteiger partial charge >= 0.3 is 5.69 Å². The van der Waals surface area contributed by atoms with Crippen LogP contribution in [0.25, 0.3) is 17.1 Å². The monoisotopic (exact) mass is 342 g/mol. The minimum Gasteiger partial charge on any atom is -0.618 e. The summed E-state index contributed by atoms with van der Waals surface area (Å²) in [5, 5.41) is 24.7. The molecule has 2 aromatic carbocycles. The zero-order valence-electron chi connectivity index (χ0n) is 13.1. The molecule has 126 valence electrons. The van der Waals surface area contributed by atoms with Crippen molar-refractivity contribution in [2.75, 3.05) is 0 Å². The molecule has 0 radical (unpaired) electrons. The molecule has 0 N–H and O–H groups in total. The van der Waals surface area contributed by atoms with Gasteiger partial charge in [-0.2, -0.15) is 9.46 Å². The van der Waals surface area contributed by atoms with Gasteiger partial charge in [-0.3, -0.25) is 4.79 Å². The number of carbonyl (C=O) groups excluding carboxylic acids is 1. The van der Waals surface area contributed by atoms with Crippen LogP contribution in [0.5, 0.6) is 0 Å². The Bertz CT molecular complexity index is 1030. The van der Waals surface area contributed by atoms with E-state index in [0.29, 0.717) is 9.46 Å². The number of hydrogen-bond donors (Lipinski definition) is 0. The fourth-order valence-electron chi connectivity index (χ4n) is 2.50. The Labute approximate surface area is 141 Å². The minimum atomic E-state index is -1.05. The third kappa shape index (κ3) is 2.91. The van der Waals surface area contributed by atoms with Gasteiger partial charge in [-0.05, 0) is 23.8 Å². The van der Waals surface area contributed by atoms with Crippen LogP contribution in [0.2, 0.25) is 0 Å². The Morgan fingerprint density at radius 2 is 1.64 bits per heavy atom. The zero-order valence-corrected chi connectivity index (χ0v) is 13.1. The quantitative estimate of drug-likeness (QED) is 0.318. The van der Waals surface area contributed by atoms with E-state index in [1.165, 1.54) is 31.2 Å². The summed E-state index contributed by atoms with van der Waals surface area (Å²) in [5.41, 5.74) is 0.0862. The van der Waals surface area contributed by atoms with Gasteiger partial charge in [0.25, 0.3) is 22.5 Å². The first kappa shape index (κ1) is 16.5. The first-order valence-corrected chi connectivity index (χ1v) is 7.32. The molecule has 1 aromatic heterocycles. The number of rotatable bonds is 3. The largest absolute Gasteiger partial charge is 0.618 e.